The van der Waals surface area contributed by atoms with Gasteiger partial charge in [0.05, 0.1) is 11.3 Å². The van der Waals surface area contributed by atoms with Crippen molar-refractivity contribution in [1.82, 2.24) is 4.98 Å². The highest BCUT2D eigenvalue weighted by atomic mass is 32.1. The molecule has 90 valence electrons. The van der Waals surface area contributed by atoms with Gasteiger partial charge >= 0.3 is 6.08 Å². The lowest BCUT2D eigenvalue weighted by Gasteiger charge is -2.11. The van der Waals surface area contributed by atoms with Crippen LogP contribution in [0.2, 0.25) is 0 Å². The number of oxazole rings is 1. The second-order valence-corrected chi connectivity index (χ2v) is 4.20. The minimum Gasteiger partial charge on any atom is -0.419 e. The van der Waals surface area contributed by atoms with Crippen molar-refractivity contribution < 1.29 is 13.4 Å². The standard InChI is InChI=1S/C12H8N2O3S/c15-18-10-6-3-7-13-11(10)17-12-14-8-4-1-2-5-9(8)16-12/h1-7,11H. The van der Waals surface area contributed by atoms with Crippen LogP contribution in [0.25, 0.3) is 11.1 Å². The SMILES string of the molecule is O=S=C1C=CC=NC1Oc1nc2ccccc2o1. The number of rotatable bonds is 2. The van der Waals surface area contributed by atoms with Gasteiger partial charge < -0.3 is 9.15 Å². The lowest BCUT2D eigenvalue weighted by atomic mass is 10.3. The van der Waals surface area contributed by atoms with Crippen molar-refractivity contribution in [3.8, 4) is 6.08 Å². The molecule has 0 N–H and O–H groups in total. The number of aromatic nitrogens is 1. The molecule has 1 unspecified atom stereocenters. The number of benzene rings is 1. The van der Waals surface area contributed by atoms with Gasteiger partial charge in [-0.3, -0.25) is 0 Å². The molecule has 0 bridgehead atoms. The first-order valence-electron chi connectivity index (χ1n) is 5.25. The van der Waals surface area contributed by atoms with Crippen LogP contribution < -0.4 is 4.74 Å². The van der Waals surface area contributed by atoms with Crippen molar-refractivity contribution in [3.05, 3.63) is 36.4 Å². The van der Waals surface area contributed by atoms with Crippen LogP contribution in [0.3, 0.4) is 0 Å². The maximum Gasteiger partial charge on any atom is 0.396 e. The van der Waals surface area contributed by atoms with E-state index in [2.05, 4.69) is 9.98 Å². The molecule has 1 aromatic carbocycles. The van der Waals surface area contributed by atoms with Crippen LogP contribution in [0.5, 0.6) is 6.08 Å². The summed E-state index contributed by atoms with van der Waals surface area (Å²) in [6, 6.07) is 7.33. The van der Waals surface area contributed by atoms with Crippen LogP contribution in [-0.4, -0.2) is 26.5 Å². The molecule has 0 saturated heterocycles. The van der Waals surface area contributed by atoms with E-state index in [4.69, 9.17) is 9.15 Å². The van der Waals surface area contributed by atoms with Crippen LogP contribution in [0, 0.1) is 0 Å². The fourth-order valence-corrected chi connectivity index (χ4v) is 1.90. The summed E-state index contributed by atoms with van der Waals surface area (Å²) in [5.41, 5.74) is 1.35. The number of ether oxygens (including phenoxy) is 1. The molecule has 6 heteroatoms. The Labute approximate surface area is 106 Å². The lowest BCUT2D eigenvalue weighted by Crippen LogP contribution is -2.25. The lowest BCUT2D eigenvalue weighted by molar-refractivity contribution is 0.209. The zero-order valence-corrected chi connectivity index (χ0v) is 9.96. The number of aliphatic imine (C=N–C) groups is 1. The normalized spacial score (nSPS) is 18.2. The smallest absolute Gasteiger partial charge is 0.396 e. The molecule has 0 fully saturated rings. The maximum atomic E-state index is 10.9. The van der Waals surface area contributed by atoms with Crippen molar-refractivity contribution in [2.75, 3.05) is 0 Å². The number of nitrogens with zero attached hydrogens (tertiary/aromatic N) is 2. The molecule has 0 radical (unpaired) electrons. The van der Waals surface area contributed by atoms with Crippen LogP contribution in [0.4, 0.5) is 0 Å². The highest BCUT2D eigenvalue weighted by molar-refractivity contribution is 7.67. The van der Waals surface area contributed by atoms with Gasteiger partial charge in [0.2, 0.25) is 6.23 Å². The van der Waals surface area contributed by atoms with E-state index in [0.717, 1.165) is 0 Å². The zero-order valence-electron chi connectivity index (χ0n) is 9.15. The Morgan fingerprint density at radius 3 is 3.06 bits per heavy atom. The van der Waals surface area contributed by atoms with Gasteiger partial charge in [0.15, 0.2) is 5.58 Å². The summed E-state index contributed by atoms with van der Waals surface area (Å²) < 4.78 is 21.7. The topological polar surface area (TPSA) is 64.7 Å². The molecule has 1 atom stereocenters. The number of hydrogen-bond acceptors (Lipinski definition) is 5. The van der Waals surface area contributed by atoms with E-state index in [1.165, 1.54) is 0 Å². The molecule has 0 spiro atoms. The summed E-state index contributed by atoms with van der Waals surface area (Å²) in [4.78, 5) is 8.69. The third kappa shape index (κ3) is 1.98. The minimum absolute atomic E-state index is 0.111. The monoisotopic (exact) mass is 260 g/mol. The van der Waals surface area contributed by atoms with Gasteiger partial charge in [-0.05, 0) is 24.3 Å². The molecule has 18 heavy (non-hydrogen) atoms. The van der Waals surface area contributed by atoms with Gasteiger partial charge in [-0.25, -0.2) is 9.20 Å². The van der Waals surface area contributed by atoms with Gasteiger partial charge in [-0.1, -0.05) is 12.1 Å². The summed E-state index contributed by atoms with van der Waals surface area (Å²) in [5, 5.41) is 0. The molecule has 1 aromatic heterocycles. The maximum absolute atomic E-state index is 10.9. The van der Waals surface area contributed by atoms with Crippen molar-refractivity contribution in [2.24, 2.45) is 4.99 Å². The largest absolute Gasteiger partial charge is 0.419 e. The number of hydrogen-bond donors (Lipinski definition) is 0. The molecule has 0 aliphatic carbocycles. The second kappa shape index (κ2) is 4.58. The molecule has 2 heterocycles. The highest BCUT2D eigenvalue weighted by Crippen LogP contribution is 2.21. The summed E-state index contributed by atoms with van der Waals surface area (Å²) >= 11 is 0.352. The Hall–Kier alpha value is -2.21. The van der Waals surface area contributed by atoms with Crippen molar-refractivity contribution >= 4 is 33.4 Å². The number of para-hydroxylation sites is 2. The first kappa shape index (κ1) is 10.9. The quantitative estimate of drug-likeness (QED) is 0.769. The summed E-state index contributed by atoms with van der Waals surface area (Å²) in [6.45, 7) is 0. The molecule has 3 rings (SSSR count). The Kier molecular flexibility index (Phi) is 2.77. The summed E-state index contributed by atoms with van der Waals surface area (Å²) in [7, 11) is 0. The predicted molar refractivity (Wildman–Crippen MR) is 69.2 cm³/mol. The van der Waals surface area contributed by atoms with Gasteiger partial charge in [-0.2, -0.15) is 4.98 Å². The van der Waals surface area contributed by atoms with Gasteiger partial charge in [0.1, 0.15) is 10.4 Å². The first-order chi connectivity index (χ1) is 8.86. The molecule has 0 saturated carbocycles. The van der Waals surface area contributed by atoms with Crippen LogP contribution in [0.1, 0.15) is 0 Å². The average molecular weight is 260 g/mol. The van der Waals surface area contributed by atoms with Gasteiger partial charge in [0, 0.05) is 6.21 Å². The Morgan fingerprint density at radius 2 is 2.22 bits per heavy atom. The van der Waals surface area contributed by atoms with E-state index in [1.54, 1.807) is 24.4 Å². The zero-order chi connectivity index (χ0) is 12.4. The van der Waals surface area contributed by atoms with Crippen molar-refractivity contribution in [1.29, 1.82) is 0 Å². The molecule has 2 aromatic rings. The number of fused-ring (bicyclic) bond motifs is 1. The number of allylic oxidation sites excluding steroid dienone is 1. The molecule has 1 aliphatic rings. The van der Waals surface area contributed by atoms with Gasteiger partial charge in [0.25, 0.3) is 0 Å². The molecular weight excluding hydrogens is 252 g/mol. The van der Waals surface area contributed by atoms with Crippen LogP contribution in [-0.2, 0) is 11.3 Å². The van der Waals surface area contributed by atoms with E-state index in [-0.39, 0.29) is 6.08 Å². The van der Waals surface area contributed by atoms with E-state index in [0.29, 0.717) is 27.2 Å². The Morgan fingerprint density at radius 1 is 1.33 bits per heavy atom. The average Bonchev–Trinajstić information content (AvgIpc) is 2.81. The fourth-order valence-electron chi connectivity index (χ4n) is 1.58. The van der Waals surface area contributed by atoms with E-state index in [9.17, 15) is 4.21 Å². The van der Waals surface area contributed by atoms with Crippen molar-refractivity contribution in [3.63, 3.8) is 0 Å². The minimum atomic E-state index is -0.675. The highest BCUT2D eigenvalue weighted by Gasteiger charge is 2.18. The second-order valence-electron chi connectivity index (χ2n) is 3.56. The summed E-state index contributed by atoms with van der Waals surface area (Å²) in [6.07, 6.45) is 4.36. The van der Waals surface area contributed by atoms with Crippen molar-refractivity contribution in [2.45, 2.75) is 6.23 Å². The Bertz CT molecular complexity index is 665. The molecule has 1 aliphatic heterocycles. The van der Waals surface area contributed by atoms with E-state index in [1.807, 2.05) is 18.2 Å². The van der Waals surface area contributed by atoms with E-state index >= 15 is 0 Å². The number of dihydropyridines is 1. The Balaban J connectivity index is 1.90. The predicted octanol–water partition coefficient (Wildman–Crippen LogP) is 1.56. The summed E-state index contributed by atoms with van der Waals surface area (Å²) in [5.74, 6) is 0. The van der Waals surface area contributed by atoms with Gasteiger partial charge in [-0.15, -0.1) is 0 Å². The van der Waals surface area contributed by atoms with Crippen LogP contribution >= 0.6 is 0 Å². The molecular formula is C12H8N2O3S. The molecule has 5 nitrogen and oxygen atoms in total. The third-order valence-corrected chi connectivity index (χ3v) is 2.92. The third-order valence-electron chi connectivity index (χ3n) is 2.39. The first-order valence-corrected chi connectivity index (χ1v) is 6.00. The van der Waals surface area contributed by atoms with Crippen LogP contribution in [0.15, 0.2) is 45.8 Å². The van der Waals surface area contributed by atoms with E-state index < -0.39 is 6.23 Å². The fraction of sp³-hybridized carbons (Fsp3) is 0.0833. The molecule has 0 amide bonds.